The Bertz CT molecular complexity index is 484. The Labute approximate surface area is 104 Å². The van der Waals surface area contributed by atoms with E-state index in [9.17, 15) is 0 Å². The molecule has 0 atom stereocenters. The maximum Gasteiger partial charge on any atom is 0.218 e. The molecule has 5 nitrogen and oxygen atoms in total. The molecule has 0 aliphatic carbocycles. The smallest absolute Gasteiger partial charge is 0.218 e. The number of hydrogen-bond acceptors (Lipinski definition) is 6. The molecular formula is C11H14N4OS. The van der Waals surface area contributed by atoms with E-state index in [0.29, 0.717) is 5.88 Å². The lowest BCUT2D eigenvalue weighted by atomic mass is 10.1. The molecule has 0 fully saturated rings. The maximum atomic E-state index is 5.06. The fourth-order valence-corrected chi connectivity index (χ4v) is 2.14. The first-order valence-corrected chi connectivity index (χ1v) is 6.04. The second-order valence-electron chi connectivity index (χ2n) is 4.03. The number of anilines is 1. The van der Waals surface area contributed by atoms with Gasteiger partial charge in [0.15, 0.2) is 0 Å². The van der Waals surface area contributed by atoms with E-state index in [0.717, 1.165) is 10.8 Å². The summed E-state index contributed by atoms with van der Waals surface area (Å²) in [5.41, 5.74) is -0.270. The monoisotopic (exact) mass is 250 g/mol. The predicted octanol–water partition coefficient (Wildman–Crippen LogP) is 2.29. The first kappa shape index (κ1) is 11.8. The molecule has 0 aliphatic heterocycles. The van der Waals surface area contributed by atoms with Crippen LogP contribution >= 0.6 is 11.3 Å². The number of nitrogens with zero attached hydrogens (tertiary/aromatic N) is 3. The van der Waals surface area contributed by atoms with Crippen molar-refractivity contribution in [2.45, 2.75) is 19.4 Å². The van der Waals surface area contributed by atoms with Crippen LogP contribution in [0, 0.1) is 0 Å². The number of thiazole rings is 1. The largest absolute Gasteiger partial charge is 0.481 e. The SMILES string of the molecule is COc1cc(NC(C)(C)c2nccs2)ncn1. The molecule has 0 spiro atoms. The first-order valence-electron chi connectivity index (χ1n) is 5.16. The van der Waals surface area contributed by atoms with Crippen LogP contribution in [0.1, 0.15) is 18.9 Å². The van der Waals surface area contributed by atoms with E-state index in [2.05, 4.69) is 34.1 Å². The van der Waals surface area contributed by atoms with Gasteiger partial charge < -0.3 is 10.1 Å². The van der Waals surface area contributed by atoms with Crippen molar-refractivity contribution in [2.24, 2.45) is 0 Å². The van der Waals surface area contributed by atoms with E-state index in [1.165, 1.54) is 6.33 Å². The van der Waals surface area contributed by atoms with Gasteiger partial charge in [-0.25, -0.2) is 15.0 Å². The van der Waals surface area contributed by atoms with Gasteiger partial charge in [-0.05, 0) is 13.8 Å². The molecule has 0 bridgehead atoms. The Balaban J connectivity index is 2.20. The summed E-state index contributed by atoms with van der Waals surface area (Å²) in [5, 5.41) is 6.28. The van der Waals surface area contributed by atoms with Crippen molar-refractivity contribution in [1.82, 2.24) is 15.0 Å². The molecule has 0 aliphatic rings. The van der Waals surface area contributed by atoms with Gasteiger partial charge in [0, 0.05) is 17.6 Å². The molecule has 6 heteroatoms. The lowest BCUT2D eigenvalue weighted by Crippen LogP contribution is -2.28. The molecule has 0 unspecified atom stereocenters. The van der Waals surface area contributed by atoms with Crippen LogP contribution in [0.2, 0.25) is 0 Å². The number of methoxy groups -OCH3 is 1. The highest BCUT2D eigenvalue weighted by Crippen LogP contribution is 2.26. The number of aromatic nitrogens is 3. The van der Waals surface area contributed by atoms with Gasteiger partial charge in [0.25, 0.3) is 0 Å². The van der Waals surface area contributed by atoms with Gasteiger partial charge in [-0.1, -0.05) is 0 Å². The minimum Gasteiger partial charge on any atom is -0.481 e. The summed E-state index contributed by atoms with van der Waals surface area (Å²) in [4.78, 5) is 12.4. The van der Waals surface area contributed by atoms with E-state index in [4.69, 9.17) is 4.74 Å². The molecule has 1 N–H and O–H groups in total. The summed E-state index contributed by atoms with van der Waals surface area (Å²) in [6.07, 6.45) is 3.27. The predicted molar refractivity (Wildman–Crippen MR) is 67.3 cm³/mol. The highest BCUT2D eigenvalue weighted by molar-refractivity contribution is 7.09. The zero-order valence-corrected chi connectivity index (χ0v) is 10.8. The Morgan fingerprint density at radius 2 is 2.12 bits per heavy atom. The molecule has 90 valence electrons. The second-order valence-corrected chi connectivity index (χ2v) is 4.93. The fourth-order valence-electron chi connectivity index (χ4n) is 1.43. The third-order valence-corrected chi connectivity index (χ3v) is 3.36. The van der Waals surface area contributed by atoms with Crippen molar-refractivity contribution in [2.75, 3.05) is 12.4 Å². The molecule has 2 heterocycles. The lowest BCUT2D eigenvalue weighted by molar-refractivity contribution is 0.397. The van der Waals surface area contributed by atoms with Crippen LogP contribution in [0.3, 0.4) is 0 Å². The summed E-state index contributed by atoms with van der Waals surface area (Å²) in [6.45, 7) is 4.11. The number of rotatable bonds is 4. The number of nitrogens with one attached hydrogen (secondary N) is 1. The van der Waals surface area contributed by atoms with Crippen LogP contribution in [-0.4, -0.2) is 22.1 Å². The van der Waals surface area contributed by atoms with E-state index in [1.807, 2.05) is 5.38 Å². The fraction of sp³-hybridized carbons (Fsp3) is 0.364. The van der Waals surface area contributed by atoms with Gasteiger partial charge >= 0.3 is 0 Å². The van der Waals surface area contributed by atoms with E-state index in [1.54, 1.807) is 30.7 Å². The maximum absolute atomic E-state index is 5.06. The number of ether oxygens (including phenoxy) is 1. The normalized spacial score (nSPS) is 11.2. The van der Waals surface area contributed by atoms with Crippen molar-refractivity contribution < 1.29 is 4.74 Å². The molecule has 0 radical (unpaired) electrons. The molecule has 2 aromatic heterocycles. The summed E-state index contributed by atoms with van der Waals surface area (Å²) in [7, 11) is 1.58. The zero-order valence-electron chi connectivity index (χ0n) is 9.97. The van der Waals surface area contributed by atoms with Gasteiger partial charge in [-0.15, -0.1) is 11.3 Å². The van der Waals surface area contributed by atoms with Gasteiger partial charge in [0.2, 0.25) is 5.88 Å². The van der Waals surface area contributed by atoms with Crippen LogP contribution in [-0.2, 0) is 5.54 Å². The van der Waals surface area contributed by atoms with Crippen molar-refractivity contribution in [1.29, 1.82) is 0 Å². The lowest BCUT2D eigenvalue weighted by Gasteiger charge is -2.24. The van der Waals surface area contributed by atoms with Crippen LogP contribution in [0.4, 0.5) is 5.82 Å². The minimum absolute atomic E-state index is 0.270. The molecular weight excluding hydrogens is 236 g/mol. The quantitative estimate of drug-likeness (QED) is 0.902. The molecule has 0 saturated heterocycles. The van der Waals surface area contributed by atoms with E-state index in [-0.39, 0.29) is 5.54 Å². The molecule has 17 heavy (non-hydrogen) atoms. The molecule has 0 aromatic carbocycles. The average molecular weight is 250 g/mol. The van der Waals surface area contributed by atoms with Crippen LogP contribution < -0.4 is 10.1 Å². The second kappa shape index (κ2) is 4.67. The summed E-state index contributed by atoms with van der Waals surface area (Å²) >= 11 is 1.61. The highest BCUT2D eigenvalue weighted by Gasteiger charge is 2.23. The van der Waals surface area contributed by atoms with Gasteiger partial charge in [0.1, 0.15) is 17.2 Å². The summed E-state index contributed by atoms with van der Waals surface area (Å²) in [6, 6.07) is 1.76. The third kappa shape index (κ3) is 2.71. The number of hydrogen-bond donors (Lipinski definition) is 1. The Morgan fingerprint density at radius 3 is 2.76 bits per heavy atom. The Morgan fingerprint density at radius 1 is 1.29 bits per heavy atom. The van der Waals surface area contributed by atoms with Crippen molar-refractivity contribution >= 4 is 17.2 Å². The molecule has 2 aromatic rings. The van der Waals surface area contributed by atoms with Crippen LogP contribution in [0.15, 0.2) is 24.0 Å². The van der Waals surface area contributed by atoms with Crippen molar-refractivity contribution in [3.05, 3.63) is 29.0 Å². The van der Waals surface area contributed by atoms with Gasteiger partial charge in [-0.3, -0.25) is 0 Å². The van der Waals surface area contributed by atoms with Gasteiger partial charge in [0.05, 0.1) is 12.6 Å². The van der Waals surface area contributed by atoms with Crippen molar-refractivity contribution in [3.63, 3.8) is 0 Å². The summed E-state index contributed by atoms with van der Waals surface area (Å²) < 4.78 is 5.06. The van der Waals surface area contributed by atoms with Crippen LogP contribution in [0.25, 0.3) is 0 Å². The molecule has 0 saturated carbocycles. The topological polar surface area (TPSA) is 59.9 Å². The summed E-state index contributed by atoms with van der Waals surface area (Å²) in [5.74, 6) is 1.26. The van der Waals surface area contributed by atoms with E-state index >= 15 is 0 Å². The highest BCUT2D eigenvalue weighted by atomic mass is 32.1. The van der Waals surface area contributed by atoms with Gasteiger partial charge in [-0.2, -0.15) is 0 Å². The third-order valence-electron chi connectivity index (χ3n) is 2.26. The minimum atomic E-state index is -0.270. The van der Waals surface area contributed by atoms with Crippen LogP contribution in [0.5, 0.6) is 5.88 Å². The van der Waals surface area contributed by atoms with E-state index < -0.39 is 0 Å². The molecule has 2 rings (SSSR count). The first-order chi connectivity index (χ1) is 8.12. The zero-order chi connectivity index (χ0) is 12.3. The Kier molecular flexibility index (Phi) is 3.23. The average Bonchev–Trinajstić information content (AvgIpc) is 2.83. The standard InChI is InChI=1S/C11H14N4OS/c1-11(2,10-12-4-5-17-10)15-8-6-9(16-3)14-7-13-8/h4-7H,1-3H3,(H,13,14,15). The van der Waals surface area contributed by atoms with Crippen molar-refractivity contribution in [3.8, 4) is 5.88 Å². The Hall–Kier alpha value is -1.69. The molecule has 0 amide bonds.